The van der Waals surface area contributed by atoms with Gasteiger partial charge in [0.15, 0.2) is 11.5 Å². The van der Waals surface area contributed by atoms with Crippen molar-refractivity contribution in [1.82, 2.24) is 0 Å². The predicted octanol–water partition coefficient (Wildman–Crippen LogP) is 2.71. The van der Waals surface area contributed by atoms with Crippen LogP contribution in [0.15, 0.2) is 18.2 Å². The Balaban J connectivity index is 3.31. The lowest BCUT2D eigenvalue weighted by atomic mass is 10.0. The van der Waals surface area contributed by atoms with E-state index in [1.807, 2.05) is 0 Å². The summed E-state index contributed by atoms with van der Waals surface area (Å²) in [6.07, 6.45) is 2.52. The molecule has 0 aromatic heterocycles. The van der Waals surface area contributed by atoms with Crippen molar-refractivity contribution < 1.29 is 13.9 Å². The lowest BCUT2D eigenvalue weighted by Gasteiger charge is -2.13. The summed E-state index contributed by atoms with van der Waals surface area (Å²) < 4.78 is 23.8. The molecule has 1 unspecified atom stereocenters. The summed E-state index contributed by atoms with van der Waals surface area (Å²) in [5.41, 5.74) is 6.72. The van der Waals surface area contributed by atoms with Crippen molar-refractivity contribution in [2.75, 3.05) is 20.8 Å². The molecule has 0 saturated carbocycles. The molecule has 1 rings (SSSR count). The van der Waals surface area contributed by atoms with Gasteiger partial charge >= 0.3 is 0 Å². The molecule has 0 aliphatic rings. The highest BCUT2D eigenvalue weighted by atomic mass is 19.1. The number of rotatable bonds is 5. The predicted molar refractivity (Wildman–Crippen MR) is 67.2 cm³/mol. The van der Waals surface area contributed by atoms with Crippen molar-refractivity contribution >= 4 is 6.08 Å². The minimum atomic E-state index is -1.06. The number of methoxy groups -OCH3 is 2. The summed E-state index contributed by atoms with van der Waals surface area (Å²) in [5.74, 6) is 1.10. The Hall–Kier alpha value is -1.55. The first-order valence-corrected chi connectivity index (χ1v) is 5.40. The Morgan fingerprint density at radius 1 is 1.35 bits per heavy atom. The van der Waals surface area contributed by atoms with Crippen LogP contribution in [-0.4, -0.2) is 20.8 Å². The quantitative estimate of drug-likeness (QED) is 0.859. The molecule has 3 nitrogen and oxygen atoms in total. The van der Waals surface area contributed by atoms with Crippen LogP contribution in [0.5, 0.6) is 11.5 Å². The van der Waals surface area contributed by atoms with E-state index in [0.29, 0.717) is 23.6 Å². The second-order valence-electron chi connectivity index (χ2n) is 3.60. The molecule has 0 bridgehead atoms. The Morgan fingerprint density at radius 2 is 2.06 bits per heavy atom. The topological polar surface area (TPSA) is 44.5 Å². The van der Waals surface area contributed by atoms with E-state index in [0.717, 1.165) is 5.56 Å². The van der Waals surface area contributed by atoms with Gasteiger partial charge in [0.05, 0.1) is 14.2 Å². The molecule has 0 heterocycles. The molecule has 0 saturated heterocycles. The monoisotopic (exact) mass is 239 g/mol. The van der Waals surface area contributed by atoms with E-state index in [4.69, 9.17) is 15.2 Å². The molecule has 0 aliphatic carbocycles. The first-order valence-electron chi connectivity index (χ1n) is 5.40. The molecular formula is C13H18FNO2. The van der Waals surface area contributed by atoms with Gasteiger partial charge in [0.25, 0.3) is 0 Å². The summed E-state index contributed by atoms with van der Waals surface area (Å²) in [6, 6.07) is 3.38. The van der Waals surface area contributed by atoms with Gasteiger partial charge in [-0.25, -0.2) is 4.39 Å². The van der Waals surface area contributed by atoms with Crippen LogP contribution in [0.4, 0.5) is 4.39 Å². The van der Waals surface area contributed by atoms with Crippen LogP contribution in [0.3, 0.4) is 0 Å². The van der Waals surface area contributed by atoms with Gasteiger partial charge in [0.2, 0.25) is 0 Å². The lowest BCUT2D eigenvalue weighted by Crippen LogP contribution is -1.97. The highest BCUT2D eigenvalue weighted by Crippen LogP contribution is 2.35. The number of nitrogens with two attached hydrogens (primary N) is 1. The molecule has 0 aliphatic heterocycles. The van der Waals surface area contributed by atoms with Gasteiger partial charge in [-0.3, -0.25) is 0 Å². The molecule has 4 heteroatoms. The Kier molecular flexibility index (Phi) is 4.97. The largest absolute Gasteiger partial charge is 0.493 e. The molecule has 0 spiro atoms. The van der Waals surface area contributed by atoms with Gasteiger partial charge < -0.3 is 15.2 Å². The van der Waals surface area contributed by atoms with E-state index in [-0.39, 0.29) is 0 Å². The van der Waals surface area contributed by atoms with Crippen LogP contribution in [0.2, 0.25) is 0 Å². The minimum Gasteiger partial charge on any atom is -0.493 e. The first-order chi connectivity index (χ1) is 8.13. The van der Waals surface area contributed by atoms with E-state index in [9.17, 15) is 4.39 Å². The number of benzene rings is 1. The van der Waals surface area contributed by atoms with Gasteiger partial charge in [0, 0.05) is 12.1 Å². The second kappa shape index (κ2) is 6.25. The minimum absolute atomic E-state index is 0.418. The van der Waals surface area contributed by atoms with E-state index in [1.165, 1.54) is 14.0 Å². The summed E-state index contributed by atoms with van der Waals surface area (Å²) in [4.78, 5) is 0. The molecular weight excluding hydrogens is 221 g/mol. The maximum atomic E-state index is 13.3. The van der Waals surface area contributed by atoms with Gasteiger partial charge in [-0.2, -0.15) is 0 Å². The van der Waals surface area contributed by atoms with Crippen LogP contribution in [-0.2, 0) is 0 Å². The highest BCUT2D eigenvalue weighted by Gasteiger charge is 2.13. The Bertz CT molecular complexity index is 403. The van der Waals surface area contributed by atoms with E-state index in [1.54, 1.807) is 31.4 Å². The smallest absolute Gasteiger partial charge is 0.167 e. The summed E-state index contributed by atoms with van der Waals surface area (Å²) in [7, 11) is 3.08. The molecule has 2 N–H and O–H groups in total. The van der Waals surface area contributed by atoms with Crippen molar-refractivity contribution in [3.8, 4) is 11.5 Å². The third-order valence-corrected chi connectivity index (χ3v) is 2.42. The average molecular weight is 239 g/mol. The van der Waals surface area contributed by atoms with E-state index in [2.05, 4.69) is 0 Å². The third kappa shape index (κ3) is 3.20. The van der Waals surface area contributed by atoms with Crippen LogP contribution < -0.4 is 15.2 Å². The maximum absolute atomic E-state index is 13.3. The van der Waals surface area contributed by atoms with Crippen molar-refractivity contribution in [3.63, 3.8) is 0 Å². The van der Waals surface area contributed by atoms with Gasteiger partial charge in [0.1, 0.15) is 6.17 Å². The first kappa shape index (κ1) is 13.5. The number of hydrogen-bond acceptors (Lipinski definition) is 3. The SMILES string of the molecule is COc1cc(C(C)F)cc(/C=C/CN)c1OC. The lowest BCUT2D eigenvalue weighted by molar-refractivity contribution is 0.346. The number of ether oxygens (including phenoxy) is 2. The number of hydrogen-bond donors (Lipinski definition) is 1. The van der Waals surface area contributed by atoms with Crippen molar-refractivity contribution in [1.29, 1.82) is 0 Å². The molecule has 1 aromatic carbocycles. The molecule has 17 heavy (non-hydrogen) atoms. The normalized spacial score (nSPS) is 12.8. The van der Waals surface area contributed by atoms with Gasteiger partial charge in [-0.05, 0) is 24.6 Å². The Morgan fingerprint density at radius 3 is 2.53 bits per heavy atom. The van der Waals surface area contributed by atoms with Crippen LogP contribution in [0.1, 0.15) is 24.2 Å². The van der Waals surface area contributed by atoms with Crippen LogP contribution in [0, 0.1) is 0 Å². The van der Waals surface area contributed by atoms with Crippen LogP contribution in [0.25, 0.3) is 6.08 Å². The molecule has 0 amide bonds. The van der Waals surface area contributed by atoms with Crippen molar-refractivity contribution in [3.05, 3.63) is 29.3 Å². The van der Waals surface area contributed by atoms with Crippen LogP contribution >= 0.6 is 0 Å². The third-order valence-electron chi connectivity index (χ3n) is 2.42. The summed E-state index contributed by atoms with van der Waals surface area (Å²) in [6.45, 7) is 1.90. The zero-order valence-corrected chi connectivity index (χ0v) is 10.4. The zero-order chi connectivity index (χ0) is 12.8. The van der Waals surface area contributed by atoms with Crippen molar-refractivity contribution in [2.24, 2.45) is 5.73 Å². The summed E-state index contributed by atoms with van der Waals surface area (Å²) in [5, 5.41) is 0. The zero-order valence-electron chi connectivity index (χ0n) is 10.4. The fourth-order valence-electron chi connectivity index (χ4n) is 1.56. The standard InChI is InChI=1S/C13H18FNO2/c1-9(14)11-7-10(5-4-6-15)13(17-3)12(8-11)16-2/h4-5,7-9H,6,15H2,1-3H3/b5-4+. The van der Waals surface area contributed by atoms with Gasteiger partial charge in [-0.15, -0.1) is 0 Å². The second-order valence-corrected chi connectivity index (χ2v) is 3.60. The maximum Gasteiger partial charge on any atom is 0.167 e. The highest BCUT2D eigenvalue weighted by molar-refractivity contribution is 5.64. The van der Waals surface area contributed by atoms with Crippen molar-refractivity contribution in [2.45, 2.75) is 13.1 Å². The van der Waals surface area contributed by atoms with E-state index >= 15 is 0 Å². The molecule has 1 aromatic rings. The van der Waals surface area contributed by atoms with E-state index < -0.39 is 6.17 Å². The fraction of sp³-hybridized carbons (Fsp3) is 0.385. The summed E-state index contributed by atoms with van der Waals surface area (Å²) >= 11 is 0. The average Bonchev–Trinajstić information content (AvgIpc) is 2.34. The number of halogens is 1. The molecule has 0 radical (unpaired) electrons. The Labute approximate surface area is 101 Å². The molecule has 0 fully saturated rings. The fourth-order valence-corrected chi connectivity index (χ4v) is 1.56. The molecule has 94 valence electrons. The molecule has 1 atom stereocenters. The van der Waals surface area contributed by atoms with Gasteiger partial charge in [-0.1, -0.05) is 12.2 Å². The number of alkyl halides is 1.